The molecule has 0 saturated heterocycles. The van der Waals surface area contributed by atoms with Gasteiger partial charge in [-0.3, -0.25) is 9.36 Å². The standard InChI is InChI=1S/C15H20N4O2S/c1-11(14(20)16-9-10-21-3)22-15-18-17-12(2)19(15)13-7-5-4-6-8-13/h4-8,11H,9-10H2,1-3H3,(H,16,20)/t11-/m1/s1. The molecule has 0 aliphatic rings. The zero-order valence-corrected chi connectivity index (χ0v) is 13.8. The predicted molar refractivity (Wildman–Crippen MR) is 86.3 cm³/mol. The highest BCUT2D eigenvalue weighted by Gasteiger charge is 2.19. The number of benzene rings is 1. The number of aromatic nitrogens is 3. The topological polar surface area (TPSA) is 69.0 Å². The average molecular weight is 320 g/mol. The number of carbonyl (C=O) groups is 1. The predicted octanol–water partition coefficient (Wildman–Crippen LogP) is 1.82. The number of para-hydroxylation sites is 1. The number of aryl methyl sites for hydroxylation is 1. The monoisotopic (exact) mass is 320 g/mol. The Morgan fingerprint density at radius 1 is 1.36 bits per heavy atom. The zero-order chi connectivity index (χ0) is 15.9. The van der Waals surface area contributed by atoms with Crippen LogP contribution in [0.3, 0.4) is 0 Å². The Bertz CT molecular complexity index is 615. The number of amides is 1. The van der Waals surface area contributed by atoms with Crippen LogP contribution in [-0.2, 0) is 9.53 Å². The minimum absolute atomic E-state index is 0.0395. The molecule has 0 saturated carbocycles. The molecule has 0 spiro atoms. The van der Waals surface area contributed by atoms with Gasteiger partial charge in [0.1, 0.15) is 5.82 Å². The van der Waals surface area contributed by atoms with E-state index in [1.165, 1.54) is 11.8 Å². The first-order valence-corrected chi connectivity index (χ1v) is 7.92. The molecule has 0 unspecified atom stereocenters. The van der Waals surface area contributed by atoms with Crippen LogP contribution < -0.4 is 5.32 Å². The Hall–Kier alpha value is -1.86. The Labute approximate surface area is 134 Å². The number of ether oxygens (including phenoxy) is 1. The molecule has 1 heterocycles. The van der Waals surface area contributed by atoms with E-state index in [9.17, 15) is 4.79 Å². The molecule has 1 atom stereocenters. The van der Waals surface area contributed by atoms with Crippen molar-refractivity contribution >= 4 is 17.7 Å². The largest absolute Gasteiger partial charge is 0.383 e. The average Bonchev–Trinajstić information content (AvgIpc) is 2.89. The SMILES string of the molecule is COCCNC(=O)[C@@H](C)Sc1nnc(C)n1-c1ccccc1. The van der Waals surface area contributed by atoms with E-state index in [1.807, 2.05) is 48.7 Å². The molecule has 0 fully saturated rings. The molecular formula is C15H20N4O2S. The molecule has 0 aliphatic heterocycles. The van der Waals surface area contributed by atoms with Gasteiger partial charge in [-0.05, 0) is 26.0 Å². The summed E-state index contributed by atoms with van der Waals surface area (Å²) in [6.45, 7) is 4.76. The van der Waals surface area contributed by atoms with Crippen LogP contribution in [0.4, 0.5) is 0 Å². The van der Waals surface area contributed by atoms with Gasteiger partial charge >= 0.3 is 0 Å². The lowest BCUT2D eigenvalue weighted by Gasteiger charge is -2.13. The second kappa shape index (κ2) is 7.95. The molecule has 6 nitrogen and oxygen atoms in total. The molecule has 7 heteroatoms. The van der Waals surface area contributed by atoms with Crippen LogP contribution in [0.1, 0.15) is 12.7 Å². The number of rotatable bonds is 7. The highest BCUT2D eigenvalue weighted by Crippen LogP contribution is 2.25. The molecule has 1 aromatic carbocycles. The minimum Gasteiger partial charge on any atom is -0.383 e. The lowest BCUT2D eigenvalue weighted by atomic mass is 10.3. The van der Waals surface area contributed by atoms with Gasteiger partial charge in [0.2, 0.25) is 5.91 Å². The lowest BCUT2D eigenvalue weighted by molar-refractivity contribution is -0.120. The molecule has 2 aromatic rings. The van der Waals surface area contributed by atoms with Gasteiger partial charge in [0.25, 0.3) is 0 Å². The Morgan fingerprint density at radius 2 is 2.09 bits per heavy atom. The van der Waals surface area contributed by atoms with E-state index in [1.54, 1.807) is 7.11 Å². The summed E-state index contributed by atoms with van der Waals surface area (Å²) in [5.74, 6) is 0.753. The molecular weight excluding hydrogens is 300 g/mol. The number of thioether (sulfide) groups is 1. The minimum atomic E-state index is -0.261. The van der Waals surface area contributed by atoms with Gasteiger partial charge in [0.15, 0.2) is 5.16 Å². The number of hydrogen-bond acceptors (Lipinski definition) is 5. The molecule has 2 rings (SSSR count). The fourth-order valence-corrected chi connectivity index (χ4v) is 2.86. The third-order valence-corrected chi connectivity index (χ3v) is 4.11. The van der Waals surface area contributed by atoms with Gasteiger partial charge in [0, 0.05) is 19.3 Å². The summed E-state index contributed by atoms with van der Waals surface area (Å²) in [4.78, 5) is 12.0. The van der Waals surface area contributed by atoms with Crippen LogP contribution in [0.15, 0.2) is 35.5 Å². The summed E-state index contributed by atoms with van der Waals surface area (Å²) in [5, 5.41) is 11.6. The first kappa shape index (κ1) is 16.5. The van der Waals surface area contributed by atoms with Crippen molar-refractivity contribution in [3.05, 3.63) is 36.2 Å². The molecule has 1 N–H and O–H groups in total. The Morgan fingerprint density at radius 3 is 2.77 bits per heavy atom. The summed E-state index contributed by atoms with van der Waals surface area (Å²) in [5.41, 5.74) is 0.986. The van der Waals surface area contributed by atoms with Crippen LogP contribution >= 0.6 is 11.8 Å². The third kappa shape index (κ3) is 4.08. The first-order valence-electron chi connectivity index (χ1n) is 7.04. The maximum absolute atomic E-state index is 12.0. The van der Waals surface area contributed by atoms with Crippen LogP contribution in [0, 0.1) is 6.92 Å². The van der Waals surface area contributed by atoms with Gasteiger partial charge < -0.3 is 10.1 Å². The van der Waals surface area contributed by atoms with Gasteiger partial charge in [-0.15, -0.1) is 10.2 Å². The Kier molecular flexibility index (Phi) is 5.97. The smallest absolute Gasteiger partial charge is 0.233 e. The van der Waals surface area contributed by atoms with E-state index >= 15 is 0 Å². The highest BCUT2D eigenvalue weighted by molar-refractivity contribution is 8.00. The second-order valence-electron chi connectivity index (χ2n) is 4.74. The normalized spacial score (nSPS) is 12.1. The fraction of sp³-hybridized carbons (Fsp3) is 0.400. The highest BCUT2D eigenvalue weighted by atomic mass is 32.2. The van der Waals surface area contributed by atoms with Crippen molar-refractivity contribution in [1.82, 2.24) is 20.1 Å². The number of hydrogen-bond donors (Lipinski definition) is 1. The van der Waals surface area contributed by atoms with E-state index in [2.05, 4.69) is 15.5 Å². The van der Waals surface area contributed by atoms with Gasteiger partial charge in [0.05, 0.1) is 11.9 Å². The number of carbonyl (C=O) groups excluding carboxylic acids is 1. The van der Waals surface area contributed by atoms with Gasteiger partial charge in [-0.2, -0.15) is 0 Å². The third-order valence-electron chi connectivity index (χ3n) is 3.07. The molecule has 1 amide bonds. The summed E-state index contributed by atoms with van der Waals surface area (Å²) >= 11 is 1.39. The molecule has 118 valence electrons. The molecule has 0 bridgehead atoms. The van der Waals surface area contributed by atoms with Crippen molar-refractivity contribution < 1.29 is 9.53 Å². The van der Waals surface area contributed by atoms with E-state index in [0.717, 1.165) is 11.5 Å². The number of methoxy groups -OCH3 is 1. The van der Waals surface area contributed by atoms with Crippen LogP contribution in [-0.4, -0.2) is 46.2 Å². The van der Waals surface area contributed by atoms with Crippen molar-refractivity contribution in [3.63, 3.8) is 0 Å². The van der Waals surface area contributed by atoms with Crippen LogP contribution in [0.2, 0.25) is 0 Å². The van der Waals surface area contributed by atoms with Crippen LogP contribution in [0.5, 0.6) is 0 Å². The van der Waals surface area contributed by atoms with Crippen molar-refractivity contribution in [1.29, 1.82) is 0 Å². The van der Waals surface area contributed by atoms with Gasteiger partial charge in [-0.1, -0.05) is 30.0 Å². The summed E-state index contributed by atoms with van der Waals surface area (Å²) < 4.78 is 6.87. The second-order valence-corrected chi connectivity index (χ2v) is 6.05. The first-order chi connectivity index (χ1) is 10.6. The van der Waals surface area contributed by atoms with Crippen molar-refractivity contribution in [2.24, 2.45) is 0 Å². The maximum atomic E-state index is 12.0. The zero-order valence-electron chi connectivity index (χ0n) is 12.9. The molecule has 1 aromatic heterocycles. The summed E-state index contributed by atoms with van der Waals surface area (Å²) in [6, 6.07) is 9.86. The van der Waals surface area contributed by atoms with E-state index in [4.69, 9.17) is 4.74 Å². The molecule has 0 aliphatic carbocycles. The Balaban J connectivity index is 2.09. The summed E-state index contributed by atoms with van der Waals surface area (Å²) in [6.07, 6.45) is 0. The quantitative estimate of drug-likeness (QED) is 0.622. The van der Waals surface area contributed by atoms with Crippen molar-refractivity contribution in [3.8, 4) is 5.69 Å². The maximum Gasteiger partial charge on any atom is 0.233 e. The van der Waals surface area contributed by atoms with Crippen molar-refractivity contribution in [2.45, 2.75) is 24.3 Å². The lowest BCUT2D eigenvalue weighted by Crippen LogP contribution is -2.33. The van der Waals surface area contributed by atoms with E-state index in [-0.39, 0.29) is 11.2 Å². The fourth-order valence-electron chi connectivity index (χ4n) is 1.93. The van der Waals surface area contributed by atoms with Gasteiger partial charge in [-0.25, -0.2) is 0 Å². The van der Waals surface area contributed by atoms with Crippen LogP contribution in [0.25, 0.3) is 5.69 Å². The number of nitrogens with zero attached hydrogens (tertiary/aromatic N) is 3. The summed E-state index contributed by atoms with van der Waals surface area (Å²) in [7, 11) is 1.61. The van der Waals surface area contributed by atoms with Crippen molar-refractivity contribution in [2.75, 3.05) is 20.3 Å². The molecule has 0 radical (unpaired) electrons. The van der Waals surface area contributed by atoms with E-state index in [0.29, 0.717) is 18.3 Å². The number of nitrogens with one attached hydrogen (secondary N) is 1. The molecule has 22 heavy (non-hydrogen) atoms. The van der Waals surface area contributed by atoms with E-state index < -0.39 is 0 Å².